The first-order valence-corrected chi connectivity index (χ1v) is 4.46. The van der Waals surface area contributed by atoms with Crippen LogP contribution in [0.15, 0.2) is 4.79 Å². The van der Waals surface area contributed by atoms with Crippen molar-refractivity contribution in [1.29, 1.82) is 0 Å². The average Bonchev–Trinajstić information content (AvgIpc) is 2.33. The smallest absolute Gasteiger partial charge is 0.269 e. The zero-order chi connectivity index (χ0) is 10.0. The molecule has 74 valence electrons. The molecule has 0 radical (unpaired) electrons. The number of aryl methyl sites for hydroxylation is 1. The molecule has 0 aromatic carbocycles. The van der Waals surface area contributed by atoms with Crippen LogP contribution in [0.1, 0.15) is 31.0 Å². The van der Waals surface area contributed by atoms with Crippen molar-refractivity contribution in [2.24, 2.45) is 7.05 Å². The summed E-state index contributed by atoms with van der Waals surface area (Å²) in [5.41, 5.74) is 1.61. The molecule has 1 heterocycles. The summed E-state index contributed by atoms with van der Waals surface area (Å²) < 4.78 is 1.46. The van der Waals surface area contributed by atoms with Gasteiger partial charge in [0.2, 0.25) is 0 Å². The summed E-state index contributed by atoms with van der Waals surface area (Å²) in [7, 11) is 1.69. The lowest BCUT2D eigenvalue weighted by Gasteiger charge is -2.03. The van der Waals surface area contributed by atoms with Crippen LogP contribution in [0.4, 0.5) is 0 Å². The monoisotopic (exact) mass is 184 g/mol. The molecule has 0 aliphatic carbocycles. The number of aliphatic hydroxyl groups is 1. The number of aromatic amines is 1. The summed E-state index contributed by atoms with van der Waals surface area (Å²) in [6.45, 7) is 4.06. The van der Waals surface area contributed by atoms with Crippen molar-refractivity contribution in [3.05, 3.63) is 21.6 Å². The Labute approximate surface area is 77.2 Å². The number of hydrogen-bond donors (Lipinski definition) is 2. The molecule has 1 rings (SSSR count). The predicted octanol–water partition coefficient (Wildman–Crippen LogP) is 0.372. The van der Waals surface area contributed by atoms with Crippen LogP contribution in [-0.2, 0) is 13.5 Å². The topological polar surface area (TPSA) is 58.0 Å². The maximum absolute atomic E-state index is 11.5. The Balaban J connectivity index is 3.19. The lowest BCUT2D eigenvalue weighted by Crippen LogP contribution is -2.16. The van der Waals surface area contributed by atoms with E-state index in [9.17, 15) is 4.79 Å². The Hall–Kier alpha value is -1.03. The molecule has 0 aliphatic heterocycles. The van der Waals surface area contributed by atoms with Gasteiger partial charge >= 0.3 is 0 Å². The second-order valence-electron chi connectivity index (χ2n) is 3.50. The SMILES string of the molecule is CC(C)c1[nH]n(C)c(=O)c1CCO. The fourth-order valence-electron chi connectivity index (χ4n) is 1.45. The summed E-state index contributed by atoms with van der Waals surface area (Å²) in [5, 5.41) is 11.8. The minimum absolute atomic E-state index is 0.0206. The van der Waals surface area contributed by atoms with E-state index in [0.29, 0.717) is 12.0 Å². The van der Waals surface area contributed by atoms with E-state index in [0.717, 1.165) is 5.69 Å². The van der Waals surface area contributed by atoms with E-state index in [1.807, 2.05) is 13.8 Å². The highest BCUT2D eigenvalue weighted by Crippen LogP contribution is 2.13. The molecular weight excluding hydrogens is 168 g/mol. The molecular formula is C9H16N2O2. The van der Waals surface area contributed by atoms with Crippen LogP contribution < -0.4 is 5.56 Å². The standard InChI is InChI=1S/C9H16N2O2/c1-6(2)8-7(4-5-12)9(13)11(3)10-8/h6,10,12H,4-5H2,1-3H3. The van der Waals surface area contributed by atoms with Crippen LogP contribution in [0.3, 0.4) is 0 Å². The number of hydrogen-bond acceptors (Lipinski definition) is 2. The zero-order valence-electron chi connectivity index (χ0n) is 8.29. The summed E-state index contributed by atoms with van der Waals surface area (Å²) >= 11 is 0. The molecule has 0 saturated heterocycles. The van der Waals surface area contributed by atoms with E-state index in [4.69, 9.17) is 5.11 Å². The van der Waals surface area contributed by atoms with Gasteiger partial charge in [-0.2, -0.15) is 0 Å². The third-order valence-electron chi connectivity index (χ3n) is 2.12. The van der Waals surface area contributed by atoms with Gasteiger partial charge in [0.1, 0.15) is 0 Å². The first-order valence-electron chi connectivity index (χ1n) is 4.46. The van der Waals surface area contributed by atoms with Gasteiger partial charge in [0.25, 0.3) is 5.56 Å². The third kappa shape index (κ3) is 1.83. The molecule has 1 aromatic heterocycles. The van der Waals surface area contributed by atoms with Crippen molar-refractivity contribution in [2.45, 2.75) is 26.2 Å². The van der Waals surface area contributed by atoms with Crippen molar-refractivity contribution >= 4 is 0 Å². The molecule has 0 aliphatic rings. The van der Waals surface area contributed by atoms with Crippen molar-refractivity contribution in [3.63, 3.8) is 0 Å². The minimum atomic E-state index is -0.0299. The zero-order valence-corrected chi connectivity index (χ0v) is 8.29. The summed E-state index contributed by atoms with van der Waals surface area (Å²) in [4.78, 5) is 11.5. The van der Waals surface area contributed by atoms with E-state index in [2.05, 4.69) is 5.10 Å². The summed E-state index contributed by atoms with van der Waals surface area (Å²) in [5.74, 6) is 0.287. The van der Waals surface area contributed by atoms with Gasteiger partial charge in [0.15, 0.2) is 0 Å². The Kier molecular flexibility index (Phi) is 2.93. The maximum Gasteiger partial charge on any atom is 0.269 e. The Morgan fingerprint density at radius 2 is 2.15 bits per heavy atom. The lowest BCUT2D eigenvalue weighted by molar-refractivity contribution is 0.299. The first-order chi connectivity index (χ1) is 6.07. The molecule has 0 spiro atoms. The molecule has 0 unspecified atom stereocenters. The highest BCUT2D eigenvalue weighted by molar-refractivity contribution is 5.20. The quantitative estimate of drug-likeness (QED) is 0.713. The Bertz CT molecular complexity index is 336. The second kappa shape index (κ2) is 3.79. The van der Waals surface area contributed by atoms with Gasteiger partial charge < -0.3 is 5.11 Å². The van der Waals surface area contributed by atoms with Crippen LogP contribution in [0.5, 0.6) is 0 Å². The van der Waals surface area contributed by atoms with E-state index >= 15 is 0 Å². The van der Waals surface area contributed by atoms with Crippen LogP contribution in [-0.4, -0.2) is 21.5 Å². The number of nitrogens with zero attached hydrogens (tertiary/aromatic N) is 1. The Morgan fingerprint density at radius 3 is 2.62 bits per heavy atom. The number of aromatic nitrogens is 2. The van der Waals surface area contributed by atoms with Crippen molar-refractivity contribution < 1.29 is 5.11 Å². The van der Waals surface area contributed by atoms with Gasteiger partial charge in [-0.05, 0) is 5.92 Å². The molecule has 4 heteroatoms. The van der Waals surface area contributed by atoms with Crippen molar-refractivity contribution in [3.8, 4) is 0 Å². The van der Waals surface area contributed by atoms with Crippen LogP contribution in [0, 0.1) is 0 Å². The van der Waals surface area contributed by atoms with Gasteiger partial charge in [0.05, 0.1) is 0 Å². The normalized spacial score (nSPS) is 11.2. The van der Waals surface area contributed by atoms with Gasteiger partial charge in [-0.25, -0.2) is 0 Å². The van der Waals surface area contributed by atoms with Crippen LogP contribution >= 0.6 is 0 Å². The maximum atomic E-state index is 11.5. The van der Waals surface area contributed by atoms with E-state index in [-0.39, 0.29) is 18.1 Å². The van der Waals surface area contributed by atoms with E-state index in [1.165, 1.54) is 4.68 Å². The van der Waals surface area contributed by atoms with Crippen LogP contribution in [0.2, 0.25) is 0 Å². The highest BCUT2D eigenvalue weighted by Gasteiger charge is 2.13. The molecule has 1 aromatic rings. The molecule has 4 nitrogen and oxygen atoms in total. The average molecular weight is 184 g/mol. The second-order valence-corrected chi connectivity index (χ2v) is 3.50. The lowest BCUT2D eigenvalue weighted by atomic mass is 10.0. The molecule has 0 saturated carbocycles. The minimum Gasteiger partial charge on any atom is -0.396 e. The first kappa shape index (κ1) is 10.1. The van der Waals surface area contributed by atoms with Gasteiger partial charge in [-0.3, -0.25) is 14.6 Å². The number of aliphatic hydroxyl groups excluding tert-OH is 1. The largest absolute Gasteiger partial charge is 0.396 e. The fourth-order valence-corrected chi connectivity index (χ4v) is 1.45. The van der Waals surface area contributed by atoms with Gasteiger partial charge in [-0.15, -0.1) is 0 Å². The molecule has 0 amide bonds. The fraction of sp³-hybridized carbons (Fsp3) is 0.667. The summed E-state index contributed by atoms with van der Waals surface area (Å²) in [6, 6.07) is 0. The molecule has 0 bridgehead atoms. The summed E-state index contributed by atoms with van der Waals surface area (Å²) in [6.07, 6.45) is 0.434. The van der Waals surface area contributed by atoms with Gasteiger partial charge in [-0.1, -0.05) is 13.8 Å². The predicted molar refractivity (Wildman–Crippen MR) is 50.9 cm³/mol. The number of nitrogens with one attached hydrogen (secondary N) is 1. The van der Waals surface area contributed by atoms with E-state index in [1.54, 1.807) is 7.05 Å². The van der Waals surface area contributed by atoms with E-state index < -0.39 is 0 Å². The molecule has 0 fully saturated rings. The Morgan fingerprint density at radius 1 is 1.54 bits per heavy atom. The van der Waals surface area contributed by atoms with Crippen LogP contribution in [0.25, 0.3) is 0 Å². The van der Waals surface area contributed by atoms with Crippen molar-refractivity contribution in [1.82, 2.24) is 9.78 Å². The number of rotatable bonds is 3. The molecule has 0 atom stereocenters. The molecule has 2 N–H and O–H groups in total. The third-order valence-corrected chi connectivity index (χ3v) is 2.12. The van der Waals surface area contributed by atoms with Crippen molar-refractivity contribution in [2.75, 3.05) is 6.61 Å². The molecule has 13 heavy (non-hydrogen) atoms. The number of H-pyrrole nitrogens is 1. The van der Waals surface area contributed by atoms with Gasteiger partial charge in [0, 0.05) is 31.3 Å². The highest BCUT2D eigenvalue weighted by atomic mass is 16.3.